The molecule has 0 spiro atoms. The topological polar surface area (TPSA) is 46.2 Å². The largest absolute Gasteiger partial charge is 0.241 e. The molecular weight excluding hydrogens is 313 g/mol. The van der Waals surface area contributed by atoms with Gasteiger partial charge in [-0.1, -0.05) is 12.1 Å². The first-order valence-corrected chi connectivity index (χ1v) is 8.96. The Balaban J connectivity index is 2.35. The Kier molecular flexibility index (Phi) is 4.92. The van der Waals surface area contributed by atoms with Gasteiger partial charge < -0.3 is 0 Å². The number of aryl methyl sites for hydroxylation is 4. The van der Waals surface area contributed by atoms with Crippen LogP contribution in [0.1, 0.15) is 40.8 Å². The Morgan fingerprint density at radius 3 is 2.13 bits per heavy atom. The number of rotatable bonds is 4. The van der Waals surface area contributed by atoms with E-state index in [0.717, 1.165) is 22.8 Å². The van der Waals surface area contributed by atoms with E-state index in [1.165, 1.54) is 17.7 Å². The van der Waals surface area contributed by atoms with Crippen molar-refractivity contribution in [3.63, 3.8) is 0 Å². The van der Waals surface area contributed by atoms with E-state index in [-0.39, 0.29) is 10.9 Å². The SMILES string of the molecule is Cc1cc(C)c([C@@H](C)NS(=O)(=O)c2ccc(F)cc2C)cc1C. The third-order valence-electron chi connectivity index (χ3n) is 4.11. The van der Waals surface area contributed by atoms with Crippen LogP contribution in [0, 0.1) is 33.5 Å². The van der Waals surface area contributed by atoms with E-state index in [4.69, 9.17) is 0 Å². The Labute approximate surface area is 137 Å². The average molecular weight is 335 g/mol. The molecule has 2 aromatic rings. The summed E-state index contributed by atoms with van der Waals surface area (Å²) in [6.45, 7) is 9.40. The maximum Gasteiger partial charge on any atom is 0.241 e. The molecule has 0 aromatic heterocycles. The first-order chi connectivity index (χ1) is 10.6. The van der Waals surface area contributed by atoms with Crippen molar-refractivity contribution < 1.29 is 12.8 Å². The molecule has 0 fully saturated rings. The van der Waals surface area contributed by atoms with Crippen molar-refractivity contribution in [3.05, 3.63) is 64.0 Å². The summed E-state index contributed by atoms with van der Waals surface area (Å²) < 4.78 is 41.0. The van der Waals surface area contributed by atoms with Gasteiger partial charge in [0.15, 0.2) is 0 Å². The van der Waals surface area contributed by atoms with E-state index in [9.17, 15) is 12.8 Å². The van der Waals surface area contributed by atoms with E-state index >= 15 is 0 Å². The molecule has 0 aliphatic carbocycles. The van der Waals surface area contributed by atoms with Crippen molar-refractivity contribution in [1.82, 2.24) is 4.72 Å². The number of hydrogen-bond donors (Lipinski definition) is 1. The second kappa shape index (κ2) is 6.42. The normalized spacial score (nSPS) is 13.1. The molecule has 0 saturated carbocycles. The summed E-state index contributed by atoms with van der Waals surface area (Å²) in [7, 11) is -3.71. The lowest BCUT2D eigenvalue weighted by molar-refractivity contribution is 0.565. The van der Waals surface area contributed by atoms with Crippen molar-refractivity contribution >= 4 is 10.0 Å². The molecular formula is C18H22FNO2S. The van der Waals surface area contributed by atoms with Crippen LogP contribution >= 0.6 is 0 Å². The molecule has 1 N–H and O–H groups in total. The Bertz CT molecular complexity index is 844. The second-order valence-corrected chi connectivity index (χ2v) is 7.73. The van der Waals surface area contributed by atoms with Crippen LogP contribution in [0.4, 0.5) is 4.39 Å². The molecule has 0 unspecified atom stereocenters. The summed E-state index contributed by atoms with van der Waals surface area (Å²) >= 11 is 0. The molecule has 2 rings (SSSR count). The molecule has 0 aliphatic heterocycles. The summed E-state index contributed by atoms with van der Waals surface area (Å²) in [4.78, 5) is 0.104. The summed E-state index contributed by atoms with van der Waals surface area (Å²) in [5.41, 5.74) is 4.67. The van der Waals surface area contributed by atoms with Crippen molar-refractivity contribution in [2.75, 3.05) is 0 Å². The van der Waals surface area contributed by atoms with Crippen LogP contribution in [-0.4, -0.2) is 8.42 Å². The van der Waals surface area contributed by atoms with Gasteiger partial charge in [0.25, 0.3) is 0 Å². The van der Waals surface area contributed by atoms with E-state index in [2.05, 4.69) is 10.8 Å². The fourth-order valence-corrected chi connectivity index (χ4v) is 4.17. The molecule has 0 aliphatic rings. The van der Waals surface area contributed by atoms with Gasteiger partial charge in [-0.3, -0.25) is 0 Å². The van der Waals surface area contributed by atoms with E-state index in [1.54, 1.807) is 6.92 Å². The van der Waals surface area contributed by atoms with Gasteiger partial charge in [0.05, 0.1) is 4.90 Å². The van der Waals surface area contributed by atoms with Gasteiger partial charge in [-0.15, -0.1) is 0 Å². The average Bonchev–Trinajstić information content (AvgIpc) is 2.41. The van der Waals surface area contributed by atoms with Crippen LogP contribution in [0.15, 0.2) is 35.2 Å². The molecule has 2 aromatic carbocycles. The van der Waals surface area contributed by atoms with Crippen molar-refractivity contribution in [2.24, 2.45) is 0 Å². The highest BCUT2D eigenvalue weighted by Crippen LogP contribution is 2.24. The maximum atomic E-state index is 13.2. The van der Waals surface area contributed by atoms with Crippen LogP contribution < -0.4 is 4.72 Å². The third-order valence-corrected chi connectivity index (χ3v) is 5.81. The predicted octanol–water partition coefficient (Wildman–Crippen LogP) is 4.10. The van der Waals surface area contributed by atoms with Gasteiger partial charge >= 0.3 is 0 Å². The third kappa shape index (κ3) is 3.79. The minimum atomic E-state index is -3.71. The monoisotopic (exact) mass is 335 g/mol. The van der Waals surface area contributed by atoms with E-state index < -0.39 is 15.8 Å². The smallest absolute Gasteiger partial charge is 0.207 e. The second-order valence-electron chi connectivity index (χ2n) is 6.05. The molecule has 0 heterocycles. The summed E-state index contributed by atoms with van der Waals surface area (Å²) in [6.07, 6.45) is 0. The van der Waals surface area contributed by atoms with Gasteiger partial charge in [0.1, 0.15) is 5.82 Å². The lowest BCUT2D eigenvalue weighted by Crippen LogP contribution is -2.28. The summed E-state index contributed by atoms with van der Waals surface area (Å²) in [5, 5.41) is 0. The van der Waals surface area contributed by atoms with Gasteiger partial charge in [0.2, 0.25) is 10.0 Å². The Morgan fingerprint density at radius 1 is 0.913 bits per heavy atom. The summed E-state index contributed by atoms with van der Waals surface area (Å²) in [5.74, 6) is -0.445. The number of benzene rings is 2. The van der Waals surface area contributed by atoms with Gasteiger partial charge in [-0.05, 0) is 80.6 Å². The molecule has 3 nitrogen and oxygen atoms in total. The highest BCUT2D eigenvalue weighted by molar-refractivity contribution is 7.89. The summed E-state index contributed by atoms with van der Waals surface area (Å²) in [6, 6.07) is 7.37. The number of sulfonamides is 1. The molecule has 0 saturated heterocycles. The molecule has 124 valence electrons. The fraction of sp³-hybridized carbons (Fsp3) is 0.333. The van der Waals surface area contributed by atoms with E-state index in [0.29, 0.717) is 5.56 Å². The molecule has 5 heteroatoms. The maximum absolute atomic E-state index is 13.2. The Morgan fingerprint density at radius 2 is 1.52 bits per heavy atom. The highest BCUT2D eigenvalue weighted by atomic mass is 32.2. The molecule has 1 atom stereocenters. The highest BCUT2D eigenvalue weighted by Gasteiger charge is 2.21. The van der Waals surface area contributed by atoms with Crippen LogP contribution in [-0.2, 0) is 10.0 Å². The zero-order valence-corrected chi connectivity index (χ0v) is 14.9. The van der Waals surface area contributed by atoms with Crippen LogP contribution in [0.3, 0.4) is 0 Å². The van der Waals surface area contributed by atoms with Crippen LogP contribution in [0.2, 0.25) is 0 Å². The first kappa shape index (κ1) is 17.6. The zero-order chi connectivity index (χ0) is 17.4. The predicted molar refractivity (Wildman–Crippen MR) is 90.5 cm³/mol. The van der Waals surface area contributed by atoms with Crippen molar-refractivity contribution in [2.45, 2.75) is 45.6 Å². The van der Waals surface area contributed by atoms with Gasteiger partial charge in [-0.25, -0.2) is 17.5 Å². The van der Waals surface area contributed by atoms with Crippen LogP contribution in [0.25, 0.3) is 0 Å². The molecule has 23 heavy (non-hydrogen) atoms. The minimum Gasteiger partial charge on any atom is -0.207 e. The lowest BCUT2D eigenvalue weighted by Gasteiger charge is -2.19. The molecule has 0 radical (unpaired) electrons. The Hall–Kier alpha value is -1.72. The minimum absolute atomic E-state index is 0.104. The molecule has 0 amide bonds. The van der Waals surface area contributed by atoms with Gasteiger partial charge in [0, 0.05) is 6.04 Å². The first-order valence-electron chi connectivity index (χ1n) is 7.48. The van der Waals surface area contributed by atoms with Gasteiger partial charge in [-0.2, -0.15) is 0 Å². The number of halogens is 1. The van der Waals surface area contributed by atoms with Crippen molar-refractivity contribution in [1.29, 1.82) is 0 Å². The van der Waals surface area contributed by atoms with E-state index in [1.807, 2.05) is 33.8 Å². The fourth-order valence-electron chi connectivity index (χ4n) is 2.72. The van der Waals surface area contributed by atoms with Crippen molar-refractivity contribution in [3.8, 4) is 0 Å². The zero-order valence-electron chi connectivity index (χ0n) is 14.1. The van der Waals surface area contributed by atoms with Crippen LogP contribution in [0.5, 0.6) is 0 Å². The molecule has 0 bridgehead atoms. The number of nitrogens with one attached hydrogen (secondary N) is 1. The lowest BCUT2D eigenvalue weighted by atomic mass is 9.97. The quantitative estimate of drug-likeness (QED) is 0.914. The number of hydrogen-bond acceptors (Lipinski definition) is 2. The standard InChI is InChI=1S/C18H22FNO2S/c1-11-8-13(3)17(10-12(11)2)15(5)20-23(21,22)18-7-6-16(19)9-14(18)4/h6-10,15,20H,1-5H3/t15-/m1/s1.